The molecule has 120 valence electrons. The molecular weight excluding hydrogens is 304 g/mol. The van der Waals surface area contributed by atoms with E-state index in [1.165, 1.54) is 37.3 Å². The highest BCUT2D eigenvalue weighted by Crippen LogP contribution is 2.38. The quantitative estimate of drug-likeness (QED) is 0.869. The van der Waals surface area contributed by atoms with Crippen LogP contribution >= 0.6 is 0 Å². The van der Waals surface area contributed by atoms with Crippen molar-refractivity contribution in [1.82, 2.24) is 4.90 Å². The van der Waals surface area contributed by atoms with Gasteiger partial charge in [-0.15, -0.1) is 0 Å². The predicted octanol–water partition coefficient (Wildman–Crippen LogP) is 3.14. The summed E-state index contributed by atoms with van der Waals surface area (Å²) in [5, 5.41) is 0. The second-order valence-corrected chi connectivity index (χ2v) is 5.20. The lowest BCUT2D eigenvalue weighted by Gasteiger charge is -2.16. The number of carbonyl (C=O) groups excluding carboxylic acids is 1. The van der Waals surface area contributed by atoms with E-state index in [1.807, 2.05) is 0 Å². The number of benzene rings is 2. The molecule has 0 aromatic heterocycles. The predicted molar refractivity (Wildman–Crippen MR) is 79.5 cm³/mol. The van der Waals surface area contributed by atoms with Crippen molar-refractivity contribution in [2.45, 2.75) is 13.1 Å². The highest BCUT2D eigenvalue weighted by atomic mass is 19.1. The lowest BCUT2D eigenvalue weighted by molar-refractivity contribution is 0.0760. The summed E-state index contributed by atoms with van der Waals surface area (Å²) in [4.78, 5) is 14.0. The minimum absolute atomic E-state index is 0.125. The Hall–Kier alpha value is -2.63. The number of amides is 1. The molecule has 2 aromatic rings. The number of ether oxygens (including phenoxy) is 2. The largest absolute Gasteiger partial charge is 0.493 e. The fourth-order valence-corrected chi connectivity index (χ4v) is 2.77. The molecule has 0 fully saturated rings. The van der Waals surface area contributed by atoms with Crippen molar-refractivity contribution in [3.05, 3.63) is 58.7 Å². The normalized spacial score (nSPS) is 13.2. The van der Waals surface area contributed by atoms with Crippen LogP contribution in [0.1, 0.15) is 21.5 Å². The van der Waals surface area contributed by atoms with Gasteiger partial charge >= 0.3 is 0 Å². The number of carbonyl (C=O) groups is 1. The molecule has 0 spiro atoms. The summed E-state index contributed by atoms with van der Waals surface area (Å²) in [6, 6.07) is 7.11. The van der Waals surface area contributed by atoms with Crippen molar-refractivity contribution >= 4 is 5.91 Å². The van der Waals surface area contributed by atoms with Gasteiger partial charge in [0.25, 0.3) is 5.91 Å². The van der Waals surface area contributed by atoms with Gasteiger partial charge in [-0.25, -0.2) is 8.78 Å². The maximum absolute atomic E-state index is 13.8. The van der Waals surface area contributed by atoms with Gasteiger partial charge in [0.2, 0.25) is 0 Å². The highest BCUT2D eigenvalue weighted by molar-refractivity contribution is 6.01. The molecule has 0 radical (unpaired) electrons. The smallest absolute Gasteiger partial charge is 0.258 e. The minimum Gasteiger partial charge on any atom is -0.493 e. The van der Waals surface area contributed by atoms with Crippen molar-refractivity contribution in [2.75, 3.05) is 14.2 Å². The zero-order valence-electron chi connectivity index (χ0n) is 12.7. The average molecular weight is 319 g/mol. The maximum atomic E-state index is 13.8. The van der Waals surface area contributed by atoms with E-state index in [9.17, 15) is 13.6 Å². The molecule has 0 unspecified atom stereocenters. The molecule has 0 saturated carbocycles. The molecule has 6 heteroatoms. The van der Waals surface area contributed by atoms with E-state index in [1.54, 1.807) is 12.1 Å². The fourth-order valence-electron chi connectivity index (χ4n) is 2.77. The van der Waals surface area contributed by atoms with E-state index in [2.05, 4.69) is 0 Å². The van der Waals surface area contributed by atoms with E-state index in [-0.39, 0.29) is 24.6 Å². The van der Waals surface area contributed by atoms with Crippen LogP contribution in [0.4, 0.5) is 8.78 Å². The summed E-state index contributed by atoms with van der Waals surface area (Å²) in [6.45, 7) is 0.125. The molecule has 0 saturated heterocycles. The number of hydrogen-bond acceptors (Lipinski definition) is 3. The summed E-state index contributed by atoms with van der Waals surface area (Å²) < 4.78 is 38.1. The van der Waals surface area contributed by atoms with Gasteiger partial charge in [0.05, 0.1) is 26.3 Å². The SMILES string of the molecule is COc1ccc2c(c1OC)C(=O)N(Cc1c(F)cccc1F)C2. The van der Waals surface area contributed by atoms with Crippen molar-refractivity contribution < 1.29 is 23.0 Å². The van der Waals surface area contributed by atoms with Gasteiger partial charge in [0.15, 0.2) is 11.5 Å². The Kier molecular flexibility index (Phi) is 3.90. The van der Waals surface area contributed by atoms with Gasteiger partial charge in [0, 0.05) is 12.1 Å². The lowest BCUT2D eigenvalue weighted by Crippen LogP contribution is -2.24. The summed E-state index contributed by atoms with van der Waals surface area (Å²) in [5.41, 5.74) is 0.993. The van der Waals surface area contributed by atoms with E-state index in [0.717, 1.165) is 5.56 Å². The molecule has 0 N–H and O–H groups in total. The number of halogens is 2. The van der Waals surface area contributed by atoms with Crippen LogP contribution < -0.4 is 9.47 Å². The Morgan fingerprint density at radius 3 is 2.39 bits per heavy atom. The second-order valence-electron chi connectivity index (χ2n) is 5.20. The topological polar surface area (TPSA) is 38.8 Å². The molecule has 3 rings (SSSR count). The molecule has 23 heavy (non-hydrogen) atoms. The average Bonchev–Trinajstić information content (AvgIpc) is 2.86. The molecule has 0 atom stereocenters. The number of fused-ring (bicyclic) bond motifs is 1. The van der Waals surface area contributed by atoms with Gasteiger partial charge in [-0.2, -0.15) is 0 Å². The van der Waals surface area contributed by atoms with Crippen LogP contribution in [0.5, 0.6) is 11.5 Å². The third-order valence-electron chi connectivity index (χ3n) is 3.90. The number of nitrogens with zero attached hydrogens (tertiary/aromatic N) is 1. The number of methoxy groups -OCH3 is 2. The molecule has 2 aromatic carbocycles. The molecule has 1 heterocycles. The van der Waals surface area contributed by atoms with Crippen molar-refractivity contribution in [3.63, 3.8) is 0 Å². The van der Waals surface area contributed by atoms with Gasteiger partial charge in [-0.05, 0) is 23.8 Å². The van der Waals surface area contributed by atoms with Crippen molar-refractivity contribution in [3.8, 4) is 11.5 Å². The molecule has 1 amide bonds. The van der Waals surface area contributed by atoms with Crippen LogP contribution in [0, 0.1) is 11.6 Å². The number of rotatable bonds is 4. The first kappa shape index (κ1) is 15.3. The second kappa shape index (κ2) is 5.87. The molecule has 1 aliphatic heterocycles. The first-order chi connectivity index (χ1) is 11.1. The Morgan fingerprint density at radius 1 is 1.09 bits per heavy atom. The van der Waals surface area contributed by atoms with Crippen LogP contribution in [0.3, 0.4) is 0 Å². The molecule has 0 aliphatic carbocycles. The maximum Gasteiger partial charge on any atom is 0.258 e. The van der Waals surface area contributed by atoms with Crippen LogP contribution in [-0.2, 0) is 13.1 Å². The van der Waals surface area contributed by atoms with Crippen LogP contribution in [-0.4, -0.2) is 25.0 Å². The fraction of sp³-hybridized carbons (Fsp3) is 0.235. The Bertz CT molecular complexity index is 756. The van der Waals surface area contributed by atoms with Gasteiger partial charge in [0.1, 0.15) is 11.6 Å². The van der Waals surface area contributed by atoms with E-state index >= 15 is 0 Å². The van der Waals surface area contributed by atoms with Crippen LogP contribution in [0.15, 0.2) is 30.3 Å². The Balaban J connectivity index is 1.96. The molecule has 4 nitrogen and oxygen atoms in total. The summed E-state index contributed by atoms with van der Waals surface area (Å²) in [5.74, 6) is -0.889. The van der Waals surface area contributed by atoms with Crippen LogP contribution in [0.2, 0.25) is 0 Å². The summed E-state index contributed by atoms with van der Waals surface area (Å²) >= 11 is 0. The monoisotopic (exact) mass is 319 g/mol. The zero-order valence-corrected chi connectivity index (χ0v) is 12.7. The standard InChI is InChI=1S/C17H15F2NO3/c1-22-14-7-6-10-8-20(17(21)15(10)16(14)23-2)9-11-12(18)4-3-5-13(11)19/h3-7H,8-9H2,1-2H3. The van der Waals surface area contributed by atoms with Gasteiger partial charge in [-0.1, -0.05) is 12.1 Å². The zero-order chi connectivity index (χ0) is 16.6. The molecular formula is C17H15F2NO3. The van der Waals surface area contributed by atoms with E-state index in [4.69, 9.17) is 9.47 Å². The Morgan fingerprint density at radius 2 is 1.78 bits per heavy atom. The first-order valence-corrected chi connectivity index (χ1v) is 7.02. The summed E-state index contributed by atoms with van der Waals surface area (Å²) in [6.07, 6.45) is 0. The van der Waals surface area contributed by atoms with Crippen molar-refractivity contribution in [1.29, 1.82) is 0 Å². The summed E-state index contributed by atoms with van der Waals surface area (Å²) in [7, 11) is 2.93. The van der Waals surface area contributed by atoms with E-state index in [0.29, 0.717) is 17.1 Å². The molecule has 1 aliphatic rings. The molecule has 0 bridgehead atoms. The van der Waals surface area contributed by atoms with E-state index < -0.39 is 11.6 Å². The minimum atomic E-state index is -0.668. The number of hydrogen-bond donors (Lipinski definition) is 0. The van der Waals surface area contributed by atoms with Gasteiger partial charge in [-0.3, -0.25) is 4.79 Å². The first-order valence-electron chi connectivity index (χ1n) is 7.02. The van der Waals surface area contributed by atoms with Gasteiger partial charge < -0.3 is 14.4 Å². The third kappa shape index (κ3) is 2.50. The lowest BCUT2D eigenvalue weighted by atomic mass is 10.1. The Labute approximate surface area is 132 Å². The third-order valence-corrected chi connectivity index (χ3v) is 3.90. The van der Waals surface area contributed by atoms with Crippen molar-refractivity contribution in [2.24, 2.45) is 0 Å². The van der Waals surface area contributed by atoms with Crippen LogP contribution in [0.25, 0.3) is 0 Å². The highest BCUT2D eigenvalue weighted by Gasteiger charge is 2.33.